The molecular formula is C14H21N3O4. The third-order valence-electron chi connectivity index (χ3n) is 2.83. The number of carboxylic acids is 1. The van der Waals surface area contributed by atoms with Crippen LogP contribution in [0.4, 0.5) is 5.69 Å². The summed E-state index contributed by atoms with van der Waals surface area (Å²) in [6.07, 6.45) is 0.510. The van der Waals surface area contributed by atoms with Crippen LogP contribution in [0, 0.1) is 0 Å². The molecule has 0 radical (unpaired) electrons. The average molecular weight is 295 g/mol. The molecule has 0 unspecified atom stereocenters. The number of hydrogen-bond donors (Lipinski definition) is 4. The van der Waals surface area contributed by atoms with E-state index >= 15 is 0 Å². The molecule has 1 aromatic rings. The van der Waals surface area contributed by atoms with Gasteiger partial charge in [0.25, 0.3) is 0 Å². The van der Waals surface area contributed by atoms with Gasteiger partial charge in [-0.3, -0.25) is 9.59 Å². The second-order valence-corrected chi connectivity index (χ2v) is 4.47. The highest BCUT2D eigenvalue weighted by Crippen LogP contribution is 2.15. The van der Waals surface area contributed by atoms with Gasteiger partial charge in [0.15, 0.2) is 0 Å². The monoisotopic (exact) mass is 295 g/mol. The lowest BCUT2D eigenvalue weighted by Crippen LogP contribution is -2.40. The largest absolute Gasteiger partial charge is 0.497 e. The molecule has 7 nitrogen and oxygen atoms in total. The van der Waals surface area contributed by atoms with Crippen LogP contribution < -0.4 is 21.1 Å². The first kappa shape index (κ1) is 16.9. The van der Waals surface area contributed by atoms with Crippen LogP contribution in [-0.4, -0.2) is 43.2 Å². The molecule has 1 aromatic carbocycles. The number of methoxy groups -OCH3 is 1. The molecule has 0 bridgehead atoms. The van der Waals surface area contributed by atoms with Crippen LogP contribution in [0.15, 0.2) is 24.3 Å². The van der Waals surface area contributed by atoms with E-state index in [9.17, 15) is 9.59 Å². The molecule has 0 saturated heterocycles. The summed E-state index contributed by atoms with van der Waals surface area (Å²) in [4.78, 5) is 22.9. The number of ether oxygens (including phenoxy) is 1. The van der Waals surface area contributed by atoms with E-state index in [-0.39, 0.29) is 12.3 Å². The normalized spacial score (nSPS) is 11.7. The van der Waals surface area contributed by atoms with E-state index < -0.39 is 12.0 Å². The molecule has 0 fully saturated rings. The fourth-order valence-electron chi connectivity index (χ4n) is 1.70. The van der Waals surface area contributed by atoms with Crippen molar-refractivity contribution in [2.75, 3.05) is 25.5 Å². The zero-order chi connectivity index (χ0) is 15.7. The minimum absolute atomic E-state index is 0.147. The Bertz CT molecular complexity index is 462. The smallest absolute Gasteiger partial charge is 0.321 e. The predicted molar refractivity (Wildman–Crippen MR) is 79.3 cm³/mol. The van der Waals surface area contributed by atoms with Gasteiger partial charge in [-0.1, -0.05) is 0 Å². The standard InChI is InChI=1S/C14H21N3O4/c1-21-11-5-3-10(4-6-11)17-13(18)9-12(14(19)20)16-8-2-7-15/h3-6,12,16H,2,7-9,15H2,1H3,(H,17,18)(H,19,20)/t12-/m1/s1. The van der Waals surface area contributed by atoms with Crippen molar-refractivity contribution in [3.05, 3.63) is 24.3 Å². The lowest BCUT2D eigenvalue weighted by atomic mass is 10.2. The molecule has 0 aliphatic carbocycles. The summed E-state index contributed by atoms with van der Waals surface area (Å²) < 4.78 is 5.01. The maximum absolute atomic E-state index is 11.8. The highest BCUT2D eigenvalue weighted by atomic mass is 16.5. The van der Waals surface area contributed by atoms with Gasteiger partial charge in [0.2, 0.25) is 5.91 Å². The lowest BCUT2D eigenvalue weighted by molar-refractivity contribution is -0.141. The van der Waals surface area contributed by atoms with Crippen LogP contribution in [-0.2, 0) is 9.59 Å². The molecule has 21 heavy (non-hydrogen) atoms. The summed E-state index contributed by atoms with van der Waals surface area (Å²) in [5.41, 5.74) is 5.93. The van der Waals surface area contributed by atoms with E-state index in [0.717, 1.165) is 0 Å². The number of aliphatic carboxylic acids is 1. The molecule has 5 N–H and O–H groups in total. The minimum atomic E-state index is -1.06. The van der Waals surface area contributed by atoms with Crippen LogP contribution >= 0.6 is 0 Å². The molecule has 0 aliphatic rings. The summed E-state index contributed by atoms with van der Waals surface area (Å²) in [6.45, 7) is 0.931. The number of nitrogens with one attached hydrogen (secondary N) is 2. The molecule has 0 aromatic heterocycles. The highest BCUT2D eigenvalue weighted by Gasteiger charge is 2.20. The zero-order valence-electron chi connectivity index (χ0n) is 12.0. The van der Waals surface area contributed by atoms with Gasteiger partial charge in [-0.25, -0.2) is 0 Å². The van der Waals surface area contributed by atoms with Crippen LogP contribution in [0.5, 0.6) is 5.75 Å². The van der Waals surface area contributed by atoms with Crippen LogP contribution in [0.1, 0.15) is 12.8 Å². The van der Waals surface area contributed by atoms with Crippen molar-refractivity contribution >= 4 is 17.6 Å². The maximum Gasteiger partial charge on any atom is 0.321 e. The molecule has 0 aliphatic heterocycles. The molecule has 116 valence electrons. The predicted octanol–water partition coefficient (Wildman–Crippen LogP) is 0.415. The van der Waals surface area contributed by atoms with Crippen molar-refractivity contribution in [2.24, 2.45) is 5.73 Å². The lowest BCUT2D eigenvalue weighted by Gasteiger charge is -2.14. The average Bonchev–Trinajstić information content (AvgIpc) is 2.47. The van der Waals surface area contributed by atoms with Crippen LogP contribution in [0.25, 0.3) is 0 Å². The highest BCUT2D eigenvalue weighted by molar-refractivity contribution is 5.94. The van der Waals surface area contributed by atoms with Gasteiger partial charge in [-0.05, 0) is 43.8 Å². The molecular weight excluding hydrogens is 274 g/mol. The van der Waals surface area contributed by atoms with Gasteiger partial charge in [0.05, 0.1) is 13.5 Å². The first-order chi connectivity index (χ1) is 10.1. The van der Waals surface area contributed by atoms with Crippen molar-refractivity contribution < 1.29 is 19.4 Å². The van der Waals surface area contributed by atoms with E-state index in [1.807, 2.05) is 0 Å². The molecule has 1 atom stereocenters. The van der Waals surface area contributed by atoms with Gasteiger partial charge in [-0.15, -0.1) is 0 Å². The fourth-order valence-corrected chi connectivity index (χ4v) is 1.70. The van der Waals surface area contributed by atoms with E-state index in [2.05, 4.69) is 10.6 Å². The summed E-state index contributed by atoms with van der Waals surface area (Å²) >= 11 is 0. The third-order valence-corrected chi connectivity index (χ3v) is 2.83. The Morgan fingerprint density at radius 1 is 1.33 bits per heavy atom. The number of hydrogen-bond acceptors (Lipinski definition) is 5. The fraction of sp³-hybridized carbons (Fsp3) is 0.429. The van der Waals surface area contributed by atoms with Crippen molar-refractivity contribution in [1.82, 2.24) is 5.32 Å². The number of carbonyl (C=O) groups excluding carboxylic acids is 1. The molecule has 0 heterocycles. The Morgan fingerprint density at radius 2 is 2.00 bits per heavy atom. The first-order valence-electron chi connectivity index (χ1n) is 6.67. The van der Waals surface area contributed by atoms with Gasteiger partial charge < -0.3 is 26.2 Å². The Labute approximate surface area is 123 Å². The van der Waals surface area contributed by atoms with E-state index in [4.69, 9.17) is 15.6 Å². The zero-order valence-corrected chi connectivity index (χ0v) is 12.0. The van der Waals surface area contributed by atoms with Gasteiger partial charge in [0.1, 0.15) is 11.8 Å². The number of anilines is 1. The van der Waals surface area contributed by atoms with Crippen molar-refractivity contribution in [3.8, 4) is 5.75 Å². The molecule has 1 amide bonds. The second kappa shape index (κ2) is 8.93. The third kappa shape index (κ3) is 6.24. The quantitative estimate of drug-likeness (QED) is 0.491. The number of nitrogens with two attached hydrogens (primary N) is 1. The minimum Gasteiger partial charge on any atom is -0.497 e. The van der Waals surface area contributed by atoms with Crippen LogP contribution in [0.2, 0.25) is 0 Å². The van der Waals surface area contributed by atoms with E-state index in [1.165, 1.54) is 0 Å². The van der Waals surface area contributed by atoms with Gasteiger partial charge in [0, 0.05) is 5.69 Å². The van der Waals surface area contributed by atoms with E-state index in [0.29, 0.717) is 30.9 Å². The Balaban J connectivity index is 2.50. The maximum atomic E-state index is 11.8. The number of benzene rings is 1. The first-order valence-corrected chi connectivity index (χ1v) is 6.67. The van der Waals surface area contributed by atoms with Crippen LogP contribution in [0.3, 0.4) is 0 Å². The van der Waals surface area contributed by atoms with Crippen molar-refractivity contribution in [1.29, 1.82) is 0 Å². The summed E-state index contributed by atoms with van der Waals surface area (Å²) in [5, 5.41) is 14.5. The van der Waals surface area contributed by atoms with Gasteiger partial charge >= 0.3 is 5.97 Å². The Hall–Kier alpha value is -2.12. The number of carboxylic acid groups (broad SMARTS) is 1. The molecule has 0 saturated carbocycles. The summed E-state index contributed by atoms with van der Waals surface area (Å²) in [6, 6.07) is 5.88. The Kier molecular flexibility index (Phi) is 7.20. The topological polar surface area (TPSA) is 114 Å². The SMILES string of the molecule is COc1ccc(NC(=O)C[C@@H](NCCCN)C(=O)O)cc1. The van der Waals surface area contributed by atoms with Crippen molar-refractivity contribution in [3.63, 3.8) is 0 Å². The van der Waals surface area contributed by atoms with Crippen molar-refractivity contribution in [2.45, 2.75) is 18.9 Å². The molecule has 0 spiro atoms. The van der Waals surface area contributed by atoms with Gasteiger partial charge in [-0.2, -0.15) is 0 Å². The number of carbonyl (C=O) groups is 2. The number of amides is 1. The Morgan fingerprint density at radius 3 is 2.52 bits per heavy atom. The summed E-state index contributed by atoms with van der Waals surface area (Å²) in [5.74, 6) is -0.746. The number of rotatable bonds is 9. The molecule has 7 heteroatoms. The molecule has 1 rings (SSSR count). The van der Waals surface area contributed by atoms with E-state index in [1.54, 1.807) is 31.4 Å². The second-order valence-electron chi connectivity index (χ2n) is 4.47. The summed E-state index contributed by atoms with van der Waals surface area (Å²) in [7, 11) is 1.55.